The zero-order chi connectivity index (χ0) is 17.1. The lowest BCUT2D eigenvalue weighted by atomic mass is 10.1. The summed E-state index contributed by atoms with van der Waals surface area (Å²) in [7, 11) is 0. The Morgan fingerprint density at radius 1 is 0.958 bits per heavy atom. The third-order valence-electron chi connectivity index (χ3n) is 3.43. The van der Waals surface area contributed by atoms with Crippen LogP contribution in [0.4, 0.5) is 14.5 Å². The van der Waals surface area contributed by atoms with E-state index in [0.717, 1.165) is 0 Å². The number of benzene rings is 2. The molecule has 1 aromatic heterocycles. The normalized spacial score (nSPS) is 10.5. The van der Waals surface area contributed by atoms with E-state index in [2.05, 4.69) is 15.3 Å². The molecule has 0 radical (unpaired) electrons. The van der Waals surface area contributed by atoms with Crippen molar-refractivity contribution in [2.24, 2.45) is 0 Å². The van der Waals surface area contributed by atoms with E-state index in [4.69, 9.17) is 0 Å². The van der Waals surface area contributed by atoms with Crippen molar-refractivity contribution in [2.75, 3.05) is 5.32 Å². The first kappa shape index (κ1) is 15.7. The second-order valence-corrected chi connectivity index (χ2v) is 5.16. The molecule has 3 aromatic rings. The Morgan fingerprint density at radius 3 is 2.12 bits per heavy atom. The molecule has 0 aliphatic rings. The van der Waals surface area contributed by atoms with Crippen molar-refractivity contribution < 1.29 is 13.6 Å². The molecule has 1 amide bonds. The molecule has 0 aliphatic carbocycles. The highest BCUT2D eigenvalue weighted by atomic mass is 19.1. The first-order valence-corrected chi connectivity index (χ1v) is 7.19. The van der Waals surface area contributed by atoms with Gasteiger partial charge in [-0.3, -0.25) is 4.79 Å². The Hall–Kier alpha value is -3.15. The maximum atomic E-state index is 13.0. The Kier molecular flexibility index (Phi) is 4.29. The second kappa shape index (κ2) is 6.54. The SMILES string of the molecule is Cc1nc(-c2ccc(F)cc2)ncc1C(=O)Nc1ccc(F)cc1. The summed E-state index contributed by atoms with van der Waals surface area (Å²) in [5.74, 6) is -0.697. The zero-order valence-corrected chi connectivity index (χ0v) is 12.8. The summed E-state index contributed by atoms with van der Waals surface area (Å²) in [6, 6.07) is 11.2. The van der Waals surface area contributed by atoms with Crippen LogP contribution in [-0.2, 0) is 0 Å². The number of aryl methyl sites for hydroxylation is 1. The highest BCUT2D eigenvalue weighted by Crippen LogP contribution is 2.18. The van der Waals surface area contributed by atoms with Gasteiger partial charge in [-0.15, -0.1) is 0 Å². The molecule has 6 heteroatoms. The third kappa shape index (κ3) is 3.43. The fraction of sp³-hybridized carbons (Fsp3) is 0.0556. The van der Waals surface area contributed by atoms with Crippen LogP contribution in [0.3, 0.4) is 0 Å². The predicted molar refractivity (Wildman–Crippen MR) is 86.5 cm³/mol. The van der Waals surface area contributed by atoms with Crippen molar-refractivity contribution in [3.63, 3.8) is 0 Å². The smallest absolute Gasteiger partial charge is 0.259 e. The number of carbonyl (C=O) groups is 1. The monoisotopic (exact) mass is 325 g/mol. The highest BCUT2D eigenvalue weighted by Gasteiger charge is 2.13. The van der Waals surface area contributed by atoms with E-state index in [1.807, 2.05) is 0 Å². The van der Waals surface area contributed by atoms with Gasteiger partial charge in [-0.05, 0) is 55.5 Å². The number of nitrogens with zero attached hydrogens (tertiary/aromatic N) is 2. The summed E-state index contributed by atoms with van der Waals surface area (Å²) in [4.78, 5) is 20.7. The molecule has 0 aliphatic heterocycles. The van der Waals surface area contributed by atoms with Gasteiger partial charge in [-0.1, -0.05) is 0 Å². The molecular weight excluding hydrogens is 312 g/mol. The van der Waals surface area contributed by atoms with E-state index >= 15 is 0 Å². The lowest BCUT2D eigenvalue weighted by Crippen LogP contribution is -2.15. The van der Waals surface area contributed by atoms with Crippen molar-refractivity contribution in [3.8, 4) is 11.4 Å². The molecule has 0 saturated carbocycles. The van der Waals surface area contributed by atoms with Crippen molar-refractivity contribution in [2.45, 2.75) is 6.92 Å². The van der Waals surface area contributed by atoms with Crippen molar-refractivity contribution in [3.05, 3.63) is 77.6 Å². The molecule has 0 bridgehead atoms. The summed E-state index contributed by atoms with van der Waals surface area (Å²) in [5, 5.41) is 2.66. The van der Waals surface area contributed by atoms with Gasteiger partial charge in [0.25, 0.3) is 5.91 Å². The lowest BCUT2D eigenvalue weighted by Gasteiger charge is -2.08. The van der Waals surface area contributed by atoms with E-state index in [1.165, 1.54) is 42.6 Å². The van der Waals surface area contributed by atoms with Gasteiger partial charge in [0.15, 0.2) is 5.82 Å². The molecule has 0 spiro atoms. The van der Waals surface area contributed by atoms with Crippen LogP contribution in [0.2, 0.25) is 0 Å². The number of hydrogen-bond donors (Lipinski definition) is 1. The quantitative estimate of drug-likeness (QED) is 0.792. The van der Waals surface area contributed by atoms with Crippen molar-refractivity contribution in [1.82, 2.24) is 9.97 Å². The highest BCUT2D eigenvalue weighted by molar-refractivity contribution is 6.04. The molecule has 0 unspecified atom stereocenters. The molecule has 120 valence electrons. The molecular formula is C18H13F2N3O. The first-order valence-electron chi connectivity index (χ1n) is 7.19. The molecule has 0 saturated heterocycles. The molecule has 0 atom stereocenters. The fourth-order valence-corrected chi connectivity index (χ4v) is 2.16. The minimum absolute atomic E-state index is 0.310. The molecule has 1 heterocycles. The Bertz CT molecular complexity index is 878. The standard InChI is InChI=1S/C18H13F2N3O/c1-11-16(18(24)23-15-8-6-14(20)7-9-15)10-21-17(22-11)12-2-4-13(19)5-3-12/h2-10H,1H3,(H,23,24). The van der Waals surface area contributed by atoms with Gasteiger partial charge < -0.3 is 5.32 Å². The Balaban J connectivity index is 1.82. The fourth-order valence-electron chi connectivity index (χ4n) is 2.16. The van der Waals surface area contributed by atoms with Gasteiger partial charge in [-0.25, -0.2) is 18.7 Å². The maximum absolute atomic E-state index is 13.0. The van der Waals surface area contributed by atoms with Crippen molar-refractivity contribution >= 4 is 11.6 Å². The average Bonchev–Trinajstić information content (AvgIpc) is 2.57. The van der Waals surface area contributed by atoms with Crippen LogP contribution in [0.25, 0.3) is 11.4 Å². The molecule has 2 aromatic carbocycles. The lowest BCUT2D eigenvalue weighted by molar-refractivity contribution is 0.102. The van der Waals surface area contributed by atoms with Crippen molar-refractivity contribution in [1.29, 1.82) is 0 Å². The second-order valence-electron chi connectivity index (χ2n) is 5.16. The van der Waals surface area contributed by atoms with Crippen LogP contribution in [0.15, 0.2) is 54.7 Å². The van der Waals surface area contributed by atoms with E-state index in [-0.39, 0.29) is 17.5 Å². The van der Waals surface area contributed by atoms with Crippen LogP contribution >= 0.6 is 0 Å². The van der Waals surface area contributed by atoms with E-state index in [1.54, 1.807) is 19.1 Å². The number of carbonyl (C=O) groups excluding carboxylic acids is 1. The van der Waals surface area contributed by atoms with Crippen LogP contribution < -0.4 is 5.32 Å². The van der Waals surface area contributed by atoms with Gasteiger partial charge in [0, 0.05) is 17.4 Å². The largest absolute Gasteiger partial charge is 0.322 e. The molecule has 0 fully saturated rings. The summed E-state index contributed by atoms with van der Waals surface area (Å²) in [6.45, 7) is 1.69. The summed E-state index contributed by atoms with van der Waals surface area (Å²) < 4.78 is 25.9. The number of aromatic nitrogens is 2. The number of halogens is 2. The van der Waals surface area contributed by atoms with E-state index in [9.17, 15) is 13.6 Å². The van der Waals surface area contributed by atoms with Crippen LogP contribution in [0, 0.1) is 18.6 Å². The number of rotatable bonds is 3. The van der Waals surface area contributed by atoms with Gasteiger partial charge in [0.1, 0.15) is 11.6 Å². The summed E-state index contributed by atoms with van der Waals surface area (Å²) >= 11 is 0. The first-order chi connectivity index (χ1) is 11.5. The Labute approximate surface area is 137 Å². The number of amides is 1. The van der Waals surface area contributed by atoms with E-state index in [0.29, 0.717) is 28.3 Å². The average molecular weight is 325 g/mol. The predicted octanol–water partition coefficient (Wildman–Crippen LogP) is 3.98. The molecule has 1 N–H and O–H groups in total. The third-order valence-corrected chi connectivity index (χ3v) is 3.43. The summed E-state index contributed by atoms with van der Waals surface area (Å²) in [5.41, 5.74) is 1.93. The van der Waals surface area contributed by atoms with Gasteiger partial charge in [0.2, 0.25) is 0 Å². The van der Waals surface area contributed by atoms with Crippen LogP contribution in [0.1, 0.15) is 16.1 Å². The van der Waals surface area contributed by atoms with Gasteiger partial charge >= 0.3 is 0 Å². The molecule has 3 rings (SSSR count). The topological polar surface area (TPSA) is 54.9 Å². The maximum Gasteiger partial charge on any atom is 0.259 e. The minimum atomic E-state index is -0.384. The molecule has 24 heavy (non-hydrogen) atoms. The van der Waals surface area contributed by atoms with E-state index < -0.39 is 0 Å². The molecule has 4 nitrogen and oxygen atoms in total. The number of hydrogen-bond acceptors (Lipinski definition) is 3. The van der Waals surface area contributed by atoms with Gasteiger partial charge in [-0.2, -0.15) is 0 Å². The summed E-state index contributed by atoms with van der Waals surface area (Å²) in [6.07, 6.45) is 1.42. The van der Waals surface area contributed by atoms with Crippen LogP contribution in [0.5, 0.6) is 0 Å². The van der Waals surface area contributed by atoms with Crippen LogP contribution in [-0.4, -0.2) is 15.9 Å². The van der Waals surface area contributed by atoms with Gasteiger partial charge in [0.05, 0.1) is 11.3 Å². The zero-order valence-electron chi connectivity index (χ0n) is 12.8. The Morgan fingerprint density at radius 2 is 1.54 bits per heavy atom. The number of nitrogens with one attached hydrogen (secondary N) is 1. The number of anilines is 1. The minimum Gasteiger partial charge on any atom is -0.322 e.